The number of ether oxygens (including phenoxy) is 1. The fourth-order valence-corrected chi connectivity index (χ4v) is 4.95. The number of anilines is 1. The Morgan fingerprint density at radius 1 is 1.15 bits per heavy atom. The number of nitrogens with zero attached hydrogens (tertiary/aromatic N) is 1. The van der Waals surface area contributed by atoms with Crippen molar-refractivity contribution >= 4 is 11.6 Å². The number of methoxy groups -OCH3 is 1. The average Bonchev–Trinajstić information content (AvgIpc) is 3.24. The zero-order valence-electron chi connectivity index (χ0n) is 18.9. The maximum Gasteiger partial charge on any atom is 0.255 e. The lowest BCUT2D eigenvalue weighted by atomic mass is 9.50. The maximum atomic E-state index is 13.9. The van der Waals surface area contributed by atoms with E-state index in [0.29, 0.717) is 39.6 Å². The van der Waals surface area contributed by atoms with Gasteiger partial charge in [-0.15, -0.1) is 0 Å². The standard InChI is InChI=1S/C26H25F3N2O3/c1-31(14-24(28)29)20-10-17(27)4-5-18(20)23-8-7-21(34-23)16-3-6-22(33-2)19(9-16)25(32)30-26-11-15(12-26)13-26/h3-10,15,24H,11-14H2,1-2H3,(H,30,32). The molecule has 8 heteroatoms. The monoisotopic (exact) mass is 470 g/mol. The molecule has 6 rings (SSSR count). The van der Waals surface area contributed by atoms with Crippen molar-refractivity contribution in [2.75, 3.05) is 25.6 Å². The van der Waals surface area contributed by atoms with Gasteiger partial charge in [0.2, 0.25) is 0 Å². The van der Waals surface area contributed by atoms with Gasteiger partial charge in [0.05, 0.1) is 24.9 Å². The lowest BCUT2D eigenvalue weighted by Gasteiger charge is -2.61. The van der Waals surface area contributed by atoms with Crippen LogP contribution in [-0.2, 0) is 0 Å². The van der Waals surface area contributed by atoms with Crippen molar-refractivity contribution in [1.82, 2.24) is 5.32 Å². The van der Waals surface area contributed by atoms with Crippen LogP contribution in [0.4, 0.5) is 18.9 Å². The Morgan fingerprint density at radius 3 is 2.53 bits per heavy atom. The molecule has 3 fully saturated rings. The van der Waals surface area contributed by atoms with E-state index in [0.717, 1.165) is 25.2 Å². The molecule has 0 unspecified atom stereocenters. The third-order valence-corrected chi connectivity index (χ3v) is 6.80. The van der Waals surface area contributed by atoms with E-state index in [1.807, 2.05) is 0 Å². The van der Waals surface area contributed by atoms with Crippen LogP contribution in [0.3, 0.4) is 0 Å². The molecular weight excluding hydrogens is 445 g/mol. The molecule has 3 aliphatic carbocycles. The highest BCUT2D eigenvalue weighted by molar-refractivity contribution is 5.98. The van der Waals surface area contributed by atoms with Gasteiger partial charge in [0.15, 0.2) is 0 Å². The molecule has 5 nitrogen and oxygen atoms in total. The Balaban J connectivity index is 1.44. The molecule has 178 valence electrons. The summed E-state index contributed by atoms with van der Waals surface area (Å²) < 4.78 is 51.2. The van der Waals surface area contributed by atoms with Crippen molar-refractivity contribution in [3.05, 3.63) is 59.9 Å². The number of hydrogen-bond acceptors (Lipinski definition) is 4. The Kier molecular flexibility index (Phi) is 5.54. The van der Waals surface area contributed by atoms with Gasteiger partial charge in [0.25, 0.3) is 12.3 Å². The van der Waals surface area contributed by atoms with Gasteiger partial charge in [0, 0.05) is 23.7 Å². The number of furan rings is 1. The molecule has 3 aromatic rings. The van der Waals surface area contributed by atoms with Crippen LogP contribution >= 0.6 is 0 Å². The van der Waals surface area contributed by atoms with Crippen LogP contribution in [0.2, 0.25) is 0 Å². The van der Waals surface area contributed by atoms with E-state index < -0.39 is 18.8 Å². The number of carbonyl (C=O) groups excluding carboxylic acids is 1. The van der Waals surface area contributed by atoms with E-state index in [9.17, 15) is 18.0 Å². The summed E-state index contributed by atoms with van der Waals surface area (Å²) in [6.45, 7) is -0.538. The lowest BCUT2D eigenvalue weighted by molar-refractivity contribution is -0.0439. The predicted molar refractivity (Wildman–Crippen MR) is 123 cm³/mol. The number of nitrogens with one attached hydrogen (secondary N) is 1. The highest BCUT2D eigenvalue weighted by Crippen LogP contribution is 2.57. The zero-order chi connectivity index (χ0) is 24.0. The highest BCUT2D eigenvalue weighted by atomic mass is 19.3. The van der Waals surface area contributed by atoms with Crippen LogP contribution < -0.4 is 15.0 Å². The average molecular weight is 470 g/mol. The van der Waals surface area contributed by atoms with E-state index >= 15 is 0 Å². The summed E-state index contributed by atoms with van der Waals surface area (Å²) in [4.78, 5) is 14.3. The highest BCUT2D eigenvalue weighted by Gasteiger charge is 2.57. The van der Waals surface area contributed by atoms with Crippen molar-refractivity contribution < 1.29 is 27.1 Å². The van der Waals surface area contributed by atoms with Crippen molar-refractivity contribution in [3.63, 3.8) is 0 Å². The van der Waals surface area contributed by atoms with E-state index in [2.05, 4.69) is 5.32 Å². The van der Waals surface area contributed by atoms with Crippen molar-refractivity contribution in [1.29, 1.82) is 0 Å². The predicted octanol–water partition coefficient (Wildman–Crippen LogP) is 5.74. The van der Waals surface area contributed by atoms with Crippen molar-refractivity contribution in [2.45, 2.75) is 31.2 Å². The van der Waals surface area contributed by atoms with Crippen LogP contribution in [-0.4, -0.2) is 38.6 Å². The molecule has 0 aliphatic heterocycles. The normalized spacial score (nSPS) is 20.5. The van der Waals surface area contributed by atoms with Crippen LogP contribution in [0.1, 0.15) is 29.6 Å². The second-order valence-electron chi connectivity index (χ2n) is 9.22. The molecule has 1 aromatic heterocycles. The number of rotatable bonds is 8. The first-order chi connectivity index (χ1) is 16.3. The minimum Gasteiger partial charge on any atom is -0.496 e. The second kappa shape index (κ2) is 8.42. The molecule has 1 N–H and O–H groups in total. The van der Waals surface area contributed by atoms with Gasteiger partial charge in [-0.1, -0.05) is 0 Å². The molecule has 0 radical (unpaired) electrons. The first kappa shape index (κ1) is 22.4. The first-order valence-electron chi connectivity index (χ1n) is 11.2. The fourth-order valence-electron chi connectivity index (χ4n) is 4.95. The minimum atomic E-state index is -2.57. The molecule has 2 aromatic carbocycles. The first-order valence-corrected chi connectivity index (χ1v) is 11.2. The molecule has 34 heavy (non-hydrogen) atoms. The molecule has 1 heterocycles. The number of alkyl halides is 2. The van der Waals surface area contributed by atoms with Crippen LogP contribution in [0.5, 0.6) is 5.75 Å². The van der Waals surface area contributed by atoms with Crippen LogP contribution in [0, 0.1) is 11.7 Å². The Morgan fingerprint density at radius 2 is 1.88 bits per heavy atom. The maximum absolute atomic E-state index is 13.9. The fraction of sp³-hybridized carbons (Fsp3) is 0.346. The van der Waals surface area contributed by atoms with Crippen LogP contribution in [0.25, 0.3) is 22.6 Å². The summed E-state index contributed by atoms with van der Waals surface area (Å²) >= 11 is 0. The van der Waals surface area contributed by atoms with Crippen molar-refractivity contribution in [3.8, 4) is 28.4 Å². The summed E-state index contributed by atoms with van der Waals surface area (Å²) in [5.74, 6) is 1.39. The molecule has 3 aliphatic rings. The van der Waals surface area contributed by atoms with E-state index in [-0.39, 0.29) is 11.4 Å². The molecule has 1 amide bonds. The summed E-state index contributed by atoms with van der Waals surface area (Å²) in [6.07, 6.45) is 0.523. The molecule has 2 bridgehead atoms. The third-order valence-electron chi connectivity index (χ3n) is 6.80. The van der Waals surface area contributed by atoms with E-state index in [4.69, 9.17) is 9.15 Å². The Labute approximate surface area is 195 Å². The van der Waals surface area contributed by atoms with Crippen LogP contribution in [0.15, 0.2) is 52.9 Å². The van der Waals surface area contributed by atoms with E-state index in [1.165, 1.54) is 37.3 Å². The van der Waals surface area contributed by atoms with Gasteiger partial charge in [-0.3, -0.25) is 4.79 Å². The Bertz CT molecular complexity index is 1220. The minimum absolute atomic E-state index is 0.0656. The summed E-state index contributed by atoms with van der Waals surface area (Å²) in [7, 11) is 3.00. The van der Waals surface area contributed by atoms with Gasteiger partial charge in [-0.05, 0) is 73.7 Å². The smallest absolute Gasteiger partial charge is 0.255 e. The Hall–Kier alpha value is -3.42. The lowest BCUT2D eigenvalue weighted by Crippen LogP contribution is -2.68. The molecule has 0 spiro atoms. The van der Waals surface area contributed by atoms with Gasteiger partial charge in [-0.2, -0.15) is 0 Å². The molecule has 0 saturated heterocycles. The zero-order valence-corrected chi connectivity index (χ0v) is 18.9. The van der Waals surface area contributed by atoms with Gasteiger partial charge < -0.3 is 19.4 Å². The summed E-state index contributed by atoms with van der Waals surface area (Å²) in [6, 6.07) is 12.6. The second-order valence-corrected chi connectivity index (χ2v) is 9.22. The van der Waals surface area contributed by atoms with Gasteiger partial charge >= 0.3 is 0 Å². The van der Waals surface area contributed by atoms with E-state index in [1.54, 1.807) is 30.3 Å². The SMILES string of the molecule is COc1ccc(-c2ccc(-c3ccc(F)cc3N(C)CC(F)F)o2)cc1C(=O)NC12CC(C1)C2. The molecule has 0 atom stereocenters. The quantitative estimate of drug-likeness (QED) is 0.456. The topological polar surface area (TPSA) is 54.7 Å². The number of carbonyl (C=O) groups is 1. The van der Waals surface area contributed by atoms with Crippen molar-refractivity contribution in [2.24, 2.45) is 5.92 Å². The third kappa shape index (κ3) is 4.02. The summed E-state index contributed by atoms with van der Waals surface area (Å²) in [5, 5.41) is 3.15. The molecular formula is C26H25F3N2O3. The summed E-state index contributed by atoms with van der Waals surface area (Å²) in [5.41, 5.74) is 1.81. The number of halogens is 3. The molecule has 3 saturated carbocycles. The number of benzene rings is 2. The largest absolute Gasteiger partial charge is 0.496 e. The van der Waals surface area contributed by atoms with Gasteiger partial charge in [0.1, 0.15) is 23.1 Å². The van der Waals surface area contributed by atoms with Gasteiger partial charge in [-0.25, -0.2) is 13.2 Å². The number of amides is 1. The number of hydrogen-bond donors (Lipinski definition) is 1.